The monoisotopic (exact) mass is 213 g/mol. The highest BCUT2D eigenvalue weighted by molar-refractivity contribution is 5.75. The summed E-state index contributed by atoms with van der Waals surface area (Å²) in [6.45, 7) is 9.65. The van der Waals surface area contributed by atoms with Crippen LogP contribution in [0.3, 0.4) is 0 Å². The van der Waals surface area contributed by atoms with Crippen molar-refractivity contribution in [2.45, 2.75) is 40.0 Å². The van der Waals surface area contributed by atoms with E-state index in [9.17, 15) is 4.79 Å². The van der Waals surface area contributed by atoms with Gasteiger partial charge in [-0.3, -0.25) is 9.69 Å². The van der Waals surface area contributed by atoms with Crippen LogP contribution in [-0.2, 0) is 9.53 Å². The third-order valence-electron chi connectivity index (χ3n) is 3.28. The zero-order valence-electron chi connectivity index (χ0n) is 10.2. The van der Waals surface area contributed by atoms with Crippen molar-refractivity contribution in [1.29, 1.82) is 0 Å². The Labute approximate surface area is 92.8 Å². The zero-order valence-corrected chi connectivity index (χ0v) is 10.2. The number of esters is 1. The second-order valence-corrected chi connectivity index (χ2v) is 4.92. The average molecular weight is 213 g/mol. The number of hydrogen-bond acceptors (Lipinski definition) is 3. The largest absolute Gasteiger partial charge is 0.464 e. The standard InChI is InChI=1S/C12H23NO2/c1-4-12(2,3)11(14)15-10-9-13-7-5-6-8-13/h4-10H2,1-3H3. The number of carbonyl (C=O) groups excluding carboxylic acids is 1. The van der Waals surface area contributed by atoms with Crippen LogP contribution in [0.1, 0.15) is 40.0 Å². The molecule has 15 heavy (non-hydrogen) atoms. The molecule has 0 radical (unpaired) electrons. The van der Waals surface area contributed by atoms with Crippen molar-refractivity contribution >= 4 is 5.97 Å². The summed E-state index contributed by atoms with van der Waals surface area (Å²) in [6.07, 6.45) is 3.40. The molecule has 3 heteroatoms. The SMILES string of the molecule is CCC(C)(C)C(=O)OCCN1CCCC1. The summed E-state index contributed by atoms with van der Waals surface area (Å²) >= 11 is 0. The van der Waals surface area contributed by atoms with Crippen LogP contribution in [0.2, 0.25) is 0 Å². The highest BCUT2D eigenvalue weighted by atomic mass is 16.5. The minimum Gasteiger partial charge on any atom is -0.464 e. The normalized spacial score (nSPS) is 18.1. The fourth-order valence-electron chi connectivity index (χ4n) is 1.61. The molecule has 0 N–H and O–H groups in total. The summed E-state index contributed by atoms with van der Waals surface area (Å²) in [5.41, 5.74) is -0.328. The topological polar surface area (TPSA) is 29.5 Å². The number of rotatable bonds is 5. The lowest BCUT2D eigenvalue weighted by Gasteiger charge is -2.21. The molecule has 0 bridgehead atoms. The predicted molar refractivity (Wildman–Crippen MR) is 60.7 cm³/mol. The molecular weight excluding hydrogens is 190 g/mol. The van der Waals surface area contributed by atoms with Crippen molar-refractivity contribution in [2.24, 2.45) is 5.41 Å². The molecule has 1 rings (SSSR count). The van der Waals surface area contributed by atoms with E-state index < -0.39 is 0 Å². The maximum absolute atomic E-state index is 11.6. The van der Waals surface area contributed by atoms with Crippen LogP contribution in [0.4, 0.5) is 0 Å². The summed E-state index contributed by atoms with van der Waals surface area (Å²) < 4.78 is 5.28. The van der Waals surface area contributed by atoms with Gasteiger partial charge in [0, 0.05) is 6.54 Å². The molecule has 0 aromatic heterocycles. The number of carbonyl (C=O) groups is 1. The number of nitrogens with zero attached hydrogens (tertiary/aromatic N) is 1. The minimum atomic E-state index is -0.328. The molecule has 0 spiro atoms. The van der Waals surface area contributed by atoms with Crippen LogP contribution in [-0.4, -0.2) is 37.1 Å². The third-order valence-corrected chi connectivity index (χ3v) is 3.28. The smallest absolute Gasteiger partial charge is 0.311 e. The van der Waals surface area contributed by atoms with Gasteiger partial charge in [0.2, 0.25) is 0 Å². The molecule has 0 amide bonds. The maximum Gasteiger partial charge on any atom is 0.311 e. The molecule has 1 aliphatic rings. The Kier molecular flexibility index (Phi) is 4.58. The van der Waals surface area contributed by atoms with E-state index in [1.54, 1.807) is 0 Å². The lowest BCUT2D eigenvalue weighted by atomic mass is 9.91. The number of hydrogen-bond donors (Lipinski definition) is 0. The van der Waals surface area contributed by atoms with E-state index in [0.717, 1.165) is 26.1 Å². The van der Waals surface area contributed by atoms with E-state index in [1.807, 2.05) is 20.8 Å². The van der Waals surface area contributed by atoms with E-state index in [0.29, 0.717) is 6.61 Å². The first-order valence-corrected chi connectivity index (χ1v) is 5.96. The van der Waals surface area contributed by atoms with E-state index in [2.05, 4.69) is 4.90 Å². The third kappa shape index (κ3) is 3.82. The summed E-state index contributed by atoms with van der Waals surface area (Å²) in [7, 11) is 0. The zero-order chi connectivity index (χ0) is 11.3. The molecular formula is C12H23NO2. The summed E-state index contributed by atoms with van der Waals surface area (Å²) in [5.74, 6) is -0.0656. The van der Waals surface area contributed by atoms with Crippen molar-refractivity contribution < 1.29 is 9.53 Å². The van der Waals surface area contributed by atoms with Gasteiger partial charge in [-0.2, -0.15) is 0 Å². The molecule has 0 aliphatic carbocycles. The molecule has 3 nitrogen and oxygen atoms in total. The number of likely N-dealkylation sites (tertiary alicyclic amines) is 1. The van der Waals surface area contributed by atoms with Crippen molar-refractivity contribution in [2.75, 3.05) is 26.2 Å². The molecule has 0 aromatic rings. The molecule has 88 valence electrons. The Morgan fingerprint density at radius 2 is 1.93 bits per heavy atom. The quantitative estimate of drug-likeness (QED) is 0.655. The Morgan fingerprint density at radius 1 is 1.33 bits per heavy atom. The lowest BCUT2D eigenvalue weighted by molar-refractivity contribution is -0.154. The molecule has 1 aliphatic heterocycles. The maximum atomic E-state index is 11.6. The molecule has 0 atom stereocenters. The van der Waals surface area contributed by atoms with Crippen molar-refractivity contribution in [1.82, 2.24) is 4.90 Å². The van der Waals surface area contributed by atoms with E-state index >= 15 is 0 Å². The van der Waals surface area contributed by atoms with Crippen LogP contribution in [0.15, 0.2) is 0 Å². The van der Waals surface area contributed by atoms with Crippen LogP contribution in [0, 0.1) is 5.41 Å². The highest BCUT2D eigenvalue weighted by Crippen LogP contribution is 2.21. The van der Waals surface area contributed by atoms with Crippen LogP contribution in [0.25, 0.3) is 0 Å². The molecule has 0 saturated carbocycles. The summed E-state index contributed by atoms with van der Waals surface area (Å²) in [6, 6.07) is 0. The van der Waals surface area contributed by atoms with Gasteiger partial charge in [0.1, 0.15) is 6.61 Å². The molecule has 1 heterocycles. The Morgan fingerprint density at radius 3 is 2.47 bits per heavy atom. The van der Waals surface area contributed by atoms with Gasteiger partial charge in [-0.15, -0.1) is 0 Å². The van der Waals surface area contributed by atoms with Gasteiger partial charge >= 0.3 is 5.97 Å². The van der Waals surface area contributed by atoms with Crippen LogP contribution >= 0.6 is 0 Å². The van der Waals surface area contributed by atoms with E-state index in [-0.39, 0.29) is 11.4 Å². The first-order chi connectivity index (χ1) is 7.06. The highest BCUT2D eigenvalue weighted by Gasteiger charge is 2.27. The fourth-order valence-corrected chi connectivity index (χ4v) is 1.61. The summed E-state index contributed by atoms with van der Waals surface area (Å²) in [5, 5.41) is 0. The van der Waals surface area contributed by atoms with Crippen molar-refractivity contribution in [3.05, 3.63) is 0 Å². The van der Waals surface area contributed by atoms with Gasteiger partial charge in [-0.1, -0.05) is 6.92 Å². The second-order valence-electron chi connectivity index (χ2n) is 4.92. The van der Waals surface area contributed by atoms with E-state index in [4.69, 9.17) is 4.74 Å². The summed E-state index contributed by atoms with van der Waals surface area (Å²) in [4.78, 5) is 14.0. The molecule has 0 aromatic carbocycles. The predicted octanol–water partition coefficient (Wildman–Crippen LogP) is 2.06. The average Bonchev–Trinajstić information content (AvgIpc) is 2.70. The van der Waals surface area contributed by atoms with E-state index in [1.165, 1.54) is 12.8 Å². The van der Waals surface area contributed by atoms with Gasteiger partial charge in [-0.05, 0) is 46.2 Å². The lowest BCUT2D eigenvalue weighted by Crippen LogP contribution is -2.30. The fraction of sp³-hybridized carbons (Fsp3) is 0.917. The van der Waals surface area contributed by atoms with Gasteiger partial charge in [0.05, 0.1) is 5.41 Å². The molecule has 0 unspecified atom stereocenters. The van der Waals surface area contributed by atoms with Crippen molar-refractivity contribution in [3.8, 4) is 0 Å². The minimum absolute atomic E-state index is 0.0656. The Hall–Kier alpha value is -0.570. The molecule has 1 fully saturated rings. The van der Waals surface area contributed by atoms with Crippen molar-refractivity contribution in [3.63, 3.8) is 0 Å². The molecule has 1 saturated heterocycles. The van der Waals surface area contributed by atoms with Gasteiger partial charge in [0.15, 0.2) is 0 Å². The Bertz CT molecular complexity index is 208. The number of ether oxygens (including phenoxy) is 1. The first-order valence-electron chi connectivity index (χ1n) is 5.96. The van der Waals surface area contributed by atoms with Gasteiger partial charge < -0.3 is 4.74 Å². The van der Waals surface area contributed by atoms with Crippen LogP contribution in [0.5, 0.6) is 0 Å². The first kappa shape index (κ1) is 12.5. The second kappa shape index (κ2) is 5.50. The van der Waals surface area contributed by atoms with Crippen LogP contribution < -0.4 is 0 Å². The van der Waals surface area contributed by atoms with Gasteiger partial charge in [0.25, 0.3) is 0 Å². The van der Waals surface area contributed by atoms with Gasteiger partial charge in [-0.25, -0.2) is 0 Å². The Balaban J connectivity index is 2.16.